The van der Waals surface area contributed by atoms with Crippen LogP contribution in [0.2, 0.25) is 5.02 Å². The van der Waals surface area contributed by atoms with Gasteiger partial charge >= 0.3 is 5.97 Å². The summed E-state index contributed by atoms with van der Waals surface area (Å²) in [5.74, 6) is 0.441. The van der Waals surface area contributed by atoms with Crippen molar-refractivity contribution < 1.29 is 13.9 Å². The van der Waals surface area contributed by atoms with E-state index in [1.54, 1.807) is 19.3 Å². The molecule has 0 saturated carbocycles. The van der Waals surface area contributed by atoms with Crippen LogP contribution in [0.15, 0.2) is 29.0 Å². The highest BCUT2D eigenvalue weighted by Crippen LogP contribution is 2.15. The standard InChI is InChI=1S/C12H12ClN3O3/c1-2-18-11(17)10-9(13)7-15-12(16-10)14-6-8-4-3-5-19-8/h3-5,7H,2,6H2,1H3,(H,14,15,16). The fourth-order valence-corrected chi connectivity index (χ4v) is 1.54. The summed E-state index contributed by atoms with van der Waals surface area (Å²) >= 11 is 5.85. The molecule has 0 radical (unpaired) electrons. The maximum absolute atomic E-state index is 11.6. The second-order valence-corrected chi connectivity index (χ2v) is 3.95. The molecule has 0 aliphatic carbocycles. The van der Waals surface area contributed by atoms with E-state index < -0.39 is 5.97 Å². The minimum Gasteiger partial charge on any atom is -0.467 e. The molecular weight excluding hydrogens is 270 g/mol. The molecule has 7 heteroatoms. The van der Waals surface area contributed by atoms with Crippen LogP contribution >= 0.6 is 11.6 Å². The highest BCUT2D eigenvalue weighted by Gasteiger charge is 2.15. The lowest BCUT2D eigenvalue weighted by Crippen LogP contribution is -2.11. The molecule has 0 fully saturated rings. The van der Waals surface area contributed by atoms with Gasteiger partial charge in [-0.25, -0.2) is 14.8 Å². The summed E-state index contributed by atoms with van der Waals surface area (Å²) in [5, 5.41) is 3.08. The minimum absolute atomic E-state index is 0.0421. The molecule has 0 aliphatic heterocycles. The van der Waals surface area contributed by atoms with Crippen molar-refractivity contribution >= 4 is 23.5 Å². The number of aromatic nitrogens is 2. The van der Waals surface area contributed by atoms with Crippen LogP contribution in [0.5, 0.6) is 0 Å². The summed E-state index contributed by atoms with van der Waals surface area (Å²) in [6.07, 6.45) is 2.93. The average molecular weight is 282 g/mol. The number of rotatable bonds is 5. The molecule has 6 nitrogen and oxygen atoms in total. The van der Waals surface area contributed by atoms with Crippen LogP contribution in [0.4, 0.5) is 5.95 Å². The zero-order valence-electron chi connectivity index (χ0n) is 10.2. The maximum Gasteiger partial charge on any atom is 0.358 e. The Labute approximate surface area is 114 Å². The van der Waals surface area contributed by atoms with Gasteiger partial charge in [0.05, 0.1) is 30.6 Å². The van der Waals surface area contributed by atoms with Gasteiger partial charge < -0.3 is 14.5 Å². The number of nitrogens with one attached hydrogen (secondary N) is 1. The summed E-state index contributed by atoms with van der Waals surface area (Å²) in [6, 6.07) is 3.60. The van der Waals surface area contributed by atoms with Gasteiger partial charge in [0.1, 0.15) is 5.76 Å². The Morgan fingerprint density at radius 2 is 2.42 bits per heavy atom. The smallest absolute Gasteiger partial charge is 0.358 e. The zero-order valence-corrected chi connectivity index (χ0v) is 11.0. The largest absolute Gasteiger partial charge is 0.467 e. The number of carbonyl (C=O) groups excluding carboxylic acids is 1. The van der Waals surface area contributed by atoms with Crippen LogP contribution in [0.1, 0.15) is 23.2 Å². The second-order valence-electron chi connectivity index (χ2n) is 3.54. The lowest BCUT2D eigenvalue weighted by Gasteiger charge is -2.06. The fourth-order valence-electron chi connectivity index (χ4n) is 1.37. The quantitative estimate of drug-likeness (QED) is 0.849. The molecule has 19 heavy (non-hydrogen) atoms. The van der Waals surface area contributed by atoms with E-state index in [2.05, 4.69) is 15.3 Å². The third-order valence-electron chi connectivity index (χ3n) is 2.21. The van der Waals surface area contributed by atoms with Crippen LogP contribution in [0.3, 0.4) is 0 Å². The number of hydrogen-bond donors (Lipinski definition) is 1. The first kappa shape index (κ1) is 13.4. The predicted molar refractivity (Wildman–Crippen MR) is 69.0 cm³/mol. The van der Waals surface area contributed by atoms with Gasteiger partial charge in [-0.1, -0.05) is 11.6 Å². The van der Waals surface area contributed by atoms with Gasteiger partial charge in [0, 0.05) is 0 Å². The van der Waals surface area contributed by atoms with E-state index in [1.807, 2.05) is 6.07 Å². The molecule has 0 aliphatic rings. The van der Waals surface area contributed by atoms with Crippen molar-refractivity contribution in [1.82, 2.24) is 9.97 Å². The van der Waals surface area contributed by atoms with Crippen molar-refractivity contribution in [3.8, 4) is 0 Å². The molecule has 0 atom stereocenters. The van der Waals surface area contributed by atoms with Gasteiger partial charge in [0.15, 0.2) is 5.69 Å². The average Bonchev–Trinajstić information content (AvgIpc) is 2.91. The summed E-state index contributed by atoms with van der Waals surface area (Å²) in [4.78, 5) is 19.6. The summed E-state index contributed by atoms with van der Waals surface area (Å²) < 4.78 is 10.0. The van der Waals surface area contributed by atoms with Crippen molar-refractivity contribution in [2.75, 3.05) is 11.9 Å². The highest BCUT2D eigenvalue weighted by atomic mass is 35.5. The van der Waals surface area contributed by atoms with Crippen molar-refractivity contribution in [3.63, 3.8) is 0 Å². The van der Waals surface area contributed by atoms with E-state index >= 15 is 0 Å². The number of anilines is 1. The number of halogens is 1. The van der Waals surface area contributed by atoms with Gasteiger partial charge in [-0.15, -0.1) is 0 Å². The Balaban J connectivity index is 2.09. The van der Waals surface area contributed by atoms with E-state index in [0.29, 0.717) is 6.54 Å². The molecule has 100 valence electrons. The molecule has 0 aromatic carbocycles. The van der Waals surface area contributed by atoms with Crippen molar-refractivity contribution in [1.29, 1.82) is 0 Å². The number of carbonyl (C=O) groups is 1. The van der Waals surface area contributed by atoms with Gasteiger partial charge in [0.2, 0.25) is 5.95 Å². The van der Waals surface area contributed by atoms with Crippen LogP contribution in [0.25, 0.3) is 0 Å². The number of nitrogens with zero attached hydrogens (tertiary/aromatic N) is 2. The first-order chi connectivity index (χ1) is 9.20. The van der Waals surface area contributed by atoms with Crippen LogP contribution in [-0.2, 0) is 11.3 Å². The Kier molecular flexibility index (Phi) is 4.35. The van der Waals surface area contributed by atoms with Gasteiger partial charge in [-0.2, -0.15) is 0 Å². The normalized spacial score (nSPS) is 10.2. The third kappa shape index (κ3) is 3.45. The lowest BCUT2D eigenvalue weighted by molar-refractivity contribution is 0.0519. The summed E-state index contributed by atoms with van der Waals surface area (Å²) in [7, 11) is 0. The van der Waals surface area contributed by atoms with Gasteiger partial charge in [0.25, 0.3) is 0 Å². The number of hydrogen-bond acceptors (Lipinski definition) is 6. The predicted octanol–water partition coefficient (Wildman–Crippen LogP) is 2.51. The number of ether oxygens (including phenoxy) is 1. The second kappa shape index (κ2) is 6.19. The first-order valence-electron chi connectivity index (χ1n) is 5.66. The van der Waals surface area contributed by atoms with E-state index in [4.69, 9.17) is 20.8 Å². The van der Waals surface area contributed by atoms with E-state index in [1.165, 1.54) is 6.20 Å². The molecule has 0 spiro atoms. The fraction of sp³-hybridized carbons (Fsp3) is 0.250. The van der Waals surface area contributed by atoms with Gasteiger partial charge in [-0.05, 0) is 19.1 Å². The van der Waals surface area contributed by atoms with Gasteiger partial charge in [-0.3, -0.25) is 0 Å². The van der Waals surface area contributed by atoms with E-state index in [9.17, 15) is 4.79 Å². The molecule has 0 bridgehead atoms. The Bertz CT molecular complexity index is 557. The topological polar surface area (TPSA) is 77.2 Å². The molecule has 0 saturated heterocycles. The highest BCUT2D eigenvalue weighted by molar-refractivity contribution is 6.33. The van der Waals surface area contributed by atoms with E-state index in [0.717, 1.165) is 5.76 Å². The van der Waals surface area contributed by atoms with Crippen molar-refractivity contribution in [3.05, 3.63) is 41.1 Å². The first-order valence-corrected chi connectivity index (χ1v) is 6.04. The lowest BCUT2D eigenvalue weighted by atomic mass is 10.4. The van der Waals surface area contributed by atoms with E-state index in [-0.39, 0.29) is 23.3 Å². The van der Waals surface area contributed by atoms with Crippen LogP contribution in [-0.4, -0.2) is 22.5 Å². The molecule has 2 heterocycles. The zero-order chi connectivity index (χ0) is 13.7. The van der Waals surface area contributed by atoms with Crippen molar-refractivity contribution in [2.24, 2.45) is 0 Å². The maximum atomic E-state index is 11.6. The third-order valence-corrected chi connectivity index (χ3v) is 2.49. The molecule has 2 aromatic rings. The molecule has 0 amide bonds. The summed E-state index contributed by atoms with van der Waals surface area (Å²) in [6.45, 7) is 2.38. The van der Waals surface area contributed by atoms with Crippen LogP contribution < -0.4 is 5.32 Å². The molecule has 1 N–H and O–H groups in total. The Morgan fingerprint density at radius 3 is 3.11 bits per heavy atom. The number of esters is 1. The minimum atomic E-state index is -0.573. The number of furan rings is 1. The van der Waals surface area contributed by atoms with Crippen molar-refractivity contribution in [2.45, 2.75) is 13.5 Å². The molecule has 2 rings (SSSR count). The Morgan fingerprint density at radius 1 is 1.58 bits per heavy atom. The molecule has 2 aromatic heterocycles. The molecule has 0 unspecified atom stereocenters. The molecular formula is C12H12ClN3O3. The monoisotopic (exact) mass is 281 g/mol. The SMILES string of the molecule is CCOC(=O)c1nc(NCc2ccco2)ncc1Cl. The van der Waals surface area contributed by atoms with Crippen LogP contribution in [0, 0.1) is 0 Å². The summed E-state index contributed by atoms with van der Waals surface area (Å²) in [5.41, 5.74) is 0.0421. The Hall–Kier alpha value is -2.08.